The highest BCUT2D eigenvalue weighted by atomic mass is 35.5. The summed E-state index contributed by atoms with van der Waals surface area (Å²) in [5.41, 5.74) is 1.46. The van der Waals surface area contributed by atoms with Crippen molar-refractivity contribution in [1.29, 1.82) is 0 Å². The van der Waals surface area contributed by atoms with Crippen molar-refractivity contribution in [3.8, 4) is 11.5 Å². The lowest BCUT2D eigenvalue weighted by atomic mass is 10.3. The summed E-state index contributed by atoms with van der Waals surface area (Å²) in [6.07, 6.45) is 0. The summed E-state index contributed by atoms with van der Waals surface area (Å²) in [5, 5.41) is 6.26. The molecule has 6 heteroatoms. The summed E-state index contributed by atoms with van der Waals surface area (Å²) in [4.78, 5) is 11.9. The Labute approximate surface area is 140 Å². The molecule has 5 nitrogen and oxygen atoms in total. The molecule has 0 atom stereocenters. The standard InChI is InChI=1S/C17H19ClN2O3/c1-3-23-14-7-4-12(5-8-14)19-11-17(21)20-13-6-9-16(22-2)15(18)10-13/h4-10,19H,3,11H2,1-2H3,(H,20,21). The lowest BCUT2D eigenvalue weighted by Gasteiger charge is -2.10. The highest BCUT2D eigenvalue weighted by molar-refractivity contribution is 6.32. The van der Waals surface area contributed by atoms with Crippen LogP contribution in [0.5, 0.6) is 11.5 Å². The molecule has 2 aromatic rings. The first-order valence-corrected chi connectivity index (χ1v) is 7.60. The number of nitrogens with one attached hydrogen (secondary N) is 2. The maximum Gasteiger partial charge on any atom is 0.243 e. The number of amides is 1. The molecule has 0 saturated heterocycles. The van der Waals surface area contributed by atoms with E-state index >= 15 is 0 Å². The maximum absolute atomic E-state index is 11.9. The zero-order valence-corrected chi connectivity index (χ0v) is 13.8. The summed E-state index contributed by atoms with van der Waals surface area (Å²) in [7, 11) is 1.54. The third-order valence-electron chi connectivity index (χ3n) is 3.05. The molecule has 0 bridgehead atoms. The molecule has 0 saturated carbocycles. The second-order valence-corrected chi connectivity index (χ2v) is 5.12. The predicted octanol–water partition coefficient (Wildman–Crippen LogP) is 3.80. The van der Waals surface area contributed by atoms with Crippen LogP contribution in [0.1, 0.15) is 6.92 Å². The van der Waals surface area contributed by atoms with E-state index in [-0.39, 0.29) is 12.5 Å². The van der Waals surface area contributed by atoms with Gasteiger partial charge in [0.2, 0.25) is 5.91 Å². The van der Waals surface area contributed by atoms with E-state index in [9.17, 15) is 4.79 Å². The molecule has 2 N–H and O–H groups in total. The normalized spacial score (nSPS) is 10.0. The van der Waals surface area contributed by atoms with Crippen LogP contribution in [-0.4, -0.2) is 26.2 Å². The summed E-state index contributed by atoms with van der Waals surface area (Å²) >= 11 is 6.02. The van der Waals surface area contributed by atoms with Crippen molar-refractivity contribution in [1.82, 2.24) is 0 Å². The summed E-state index contributed by atoms with van der Waals surface area (Å²) < 4.78 is 10.4. The molecular formula is C17H19ClN2O3. The topological polar surface area (TPSA) is 59.6 Å². The van der Waals surface area contributed by atoms with Crippen molar-refractivity contribution in [3.05, 3.63) is 47.5 Å². The van der Waals surface area contributed by atoms with Gasteiger partial charge in [-0.05, 0) is 49.4 Å². The molecule has 0 unspecified atom stereocenters. The Morgan fingerprint density at radius 3 is 2.43 bits per heavy atom. The molecule has 0 aliphatic heterocycles. The first-order chi connectivity index (χ1) is 11.1. The van der Waals surface area contributed by atoms with Gasteiger partial charge in [0.1, 0.15) is 11.5 Å². The molecule has 2 aromatic carbocycles. The molecule has 1 amide bonds. The van der Waals surface area contributed by atoms with Crippen LogP contribution in [0.2, 0.25) is 5.02 Å². The molecule has 23 heavy (non-hydrogen) atoms. The first kappa shape index (κ1) is 17.0. The van der Waals surface area contributed by atoms with Crippen LogP contribution < -0.4 is 20.1 Å². The van der Waals surface area contributed by atoms with Gasteiger partial charge in [0.15, 0.2) is 0 Å². The second-order valence-electron chi connectivity index (χ2n) is 4.71. The van der Waals surface area contributed by atoms with Crippen molar-refractivity contribution in [2.24, 2.45) is 0 Å². The Kier molecular flexibility index (Phi) is 6.11. The average molecular weight is 335 g/mol. The predicted molar refractivity (Wildman–Crippen MR) is 92.7 cm³/mol. The van der Waals surface area contributed by atoms with Crippen molar-refractivity contribution < 1.29 is 14.3 Å². The minimum atomic E-state index is -0.167. The molecule has 0 radical (unpaired) electrons. The van der Waals surface area contributed by atoms with E-state index in [4.69, 9.17) is 21.1 Å². The third kappa shape index (κ3) is 5.07. The maximum atomic E-state index is 11.9. The Morgan fingerprint density at radius 2 is 1.83 bits per heavy atom. The van der Waals surface area contributed by atoms with E-state index in [1.54, 1.807) is 25.3 Å². The van der Waals surface area contributed by atoms with E-state index in [0.717, 1.165) is 11.4 Å². The number of rotatable bonds is 7. The molecule has 0 aliphatic rings. The van der Waals surface area contributed by atoms with Gasteiger partial charge in [0.25, 0.3) is 0 Å². The van der Waals surface area contributed by atoms with Crippen molar-refractivity contribution in [3.63, 3.8) is 0 Å². The summed E-state index contributed by atoms with van der Waals surface area (Å²) in [5.74, 6) is 1.20. The van der Waals surface area contributed by atoms with Crippen LogP contribution in [0.4, 0.5) is 11.4 Å². The van der Waals surface area contributed by atoms with E-state index in [1.165, 1.54) is 0 Å². The number of halogens is 1. The smallest absolute Gasteiger partial charge is 0.243 e. The number of hydrogen-bond acceptors (Lipinski definition) is 4. The quantitative estimate of drug-likeness (QED) is 0.808. The Balaban J connectivity index is 1.86. The van der Waals surface area contributed by atoms with Gasteiger partial charge in [-0.15, -0.1) is 0 Å². The first-order valence-electron chi connectivity index (χ1n) is 7.22. The molecule has 122 valence electrons. The molecular weight excluding hydrogens is 316 g/mol. The van der Waals surface area contributed by atoms with Gasteiger partial charge >= 0.3 is 0 Å². The van der Waals surface area contributed by atoms with Gasteiger partial charge in [0.05, 0.1) is 25.3 Å². The fourth-order valence-corrected chi connectivity index (χ4v) is 2.23. The van der Waals surface area contributed by atoms with E-state index in [0.29, 0.717) is 23.1 Å². The minimum absolute atomic E-state index is 0.150. The van der Waals surface area contributed by atoms with Crippen LogP contribution in [0.3, 0.4) is 0 Å². The molecule has 0 aliphatic carbocycles. The summed E-state index contributed by atoms with van der Waals surface area (Å²) in [6.45, 7) is 2.71. The number of ether oxygens (including phenoxy) is 2. The largest absolute Gasteiger partial charge is 0.495 e. The average Bonchev–Trinajstić information content (AvgIpc) is 2.55. The van der Waals surface area contributed by atoms with Gasteiger partial charge in [-0.3, -0.25) is 4.79 Å². The van der Waals surface area contributed by atoms with Crippen LogP contribution in [0.25, 0.3) is 0 Å². The fraction of sp³-hybridized carbons (Fsp3) is 0.235. The number of anilines is 2. The number of hydrogen-bond donors (Lipinski definition) is 2. The van der Waals surface area contributed by atoms with Gasteiger partial charge in [0, 0.05) is 11.4 Å². The van der Waals surface area contributed by atoms with Crippen molar-refractivity contribution in [2.45, 2.75) is 6.92 Å². The third-order valence-corrected chi connectivity index (χ3v) is 3.35. The van der Waals surface area contributed by atoms with Crippen LogP contribution in [-0.2, 0) is 4.79 Å². The van der Waals surface area contributed by atoms with Crippen LogP contribution in [0, 0.1) is 0 Å². The second kappa shape index (κ2) is 8.29. The van der Waals surface area contributed by atoms with Gasteiger partial charge < -0.3 is 20.1 Å². The van der Waals surface area contributed by atoms with Crippen molar-refractivity contribution in [2.75, 3.05) is 30.9 Å². The van der Waals surface area contributed by atoms with Gasteiger partial charge in [-0.25, -0.2) is 0 Å². The monoisotopic (exact) mass is 334 g/mol. The minimum Gasteiger partial charge on any atom is -0.495 e. The highest BCUT2D eigenvalue weighted by Crippen LogP contribution is 2.27. The molecule has 0 aromatic heterocycles. The number of carbonyl (C=O) groups is 1. The highest BCUT2D eigenvalue weighted by Gasteiger charge is 2.06. The summed E-state index contributed by atoms with van der Waals surface area (Å²) in [6, 6.07) is 12.5. The fourth-order valence-electron chi connectivity index (χ4n) is 1.97. The number of benzene rings is 2. The van der Waals surface area contributed by atoms with E-state index < -0.39 is 0 Å². The lowest BCUT2D eigenvalue weighted by Crippen LogP contribution is -2.21. The zero-order valence-electron chi connectivity index (χ0n) is 13.1. The number of carbonyl (C=O) groups excluding carboxylic acids is 1. The molecule has 0 heterocycles. The van der Waals surface area contributed by atoms with E-state index in [1.807, 2.05) is 31.2 Å². The Bertz CT molecular complexity index is 659. The van der Waals surface area contributed by atoms with Gasteiger partial charge in [-0.1, -0.05) is 11.6 Å². The number of methoxy groups -OCH3 is 1. The lowest BCUT2D eigenvalue weighted by molar-refractivity contribution is -0.114. The molecule has 2 rings (SSSR count). The van der Waals surface area contributed by atoms with Crippen molar-refractivity contribution >= 4 is 28.9 Å². The van der Waals surface area contributed by atoms with E-state index in [2.05, 4.69) is 10.6 Å². The molecule has 0 fully saturated rings. The Morgan fingerprint density at radius 1 is 1.13 bits per heavy atom. The Hall–Kier alpha value is -2.40. The van der Waals surface area contributed by atoms with Gasteiger partial charge in [-0.2, -0.15) is 0 Å². The SMILES string of the molecule is CCOc1ccc(NCC(=O)Nc2ccc(OC)c(Cl)c2)cc1. The zero-order chi connectivity index (χ0) is 16.7. The molecule has 0 spiro atoms. The van der Waals surface area contributed by atoms with Crippen LogP contribution >= 0.6 is 11.6 Å². The van der Waals surface area contributed by atoms with Crippen LogP contribution in [0.15, 0.2) is 42.5 Å².